The van der Waals surface area contributed by atoms with E-state index in [1.807, 2.05) is 27.7 Å². The van der Waals surface area contributed by atoms with E-state index in [2.05, 4.69) is 6.92 Å². The molecular weight excluding hydrogens is 400 g/mol. The monoisotopic (exact) mass is 438 g/mol. The number of unbranched alkanes of at least 4 members (excludes halogenated alkanes) is 1. The van der Waals surface area contributed by atoms with Crippen LogP contribution in [0.3, 0.4) is 0 Å². The number of carbonyl (C=O) groups is 2. The van der Waals surface area contributed by atoms with Gasteiger partial charge in [-0.3, -0.25) is 9.59 Å². The number of rotatable bonds is 11. The summed E-state index contributed by atoms with van der Waals surface area (Å²) in [5.74, 6) is -0.271. The quantitative estimate of drug-likeness (QED) is 0.274. The van der Waals surface area contributed by atoms with Gasteiger partial charge in [-0.05, 0) is 30.3 Å². The summed E-state index contributed by atoms with van der Waals surface area (Å²) in [7, 11) is 0. The van der Waals surface area contributed by atoms with Crippen LogP contribution in [0.25, 0.3) is 0 Å². The molecule has 176 valence electrons. The fourth-order valence-corrected chi connectivity index (χ4v) is 4.60. The standard InChI is InChI=1S/C24H38O7/c1-6-7-8-27-12-17-13-28-23(31-21(26)10-16(4)5)22-18(17)11-19(24(22)14-29-24)30-20(25)9-15(2)3/h13,15-16,18-19,22-23H,6-12,14H2,1-5H3/t18-,19+,22-,23+,24-/m1/s1. The molecule has 31 heavy (non-hydrogen) atoms. The van der Waals surface area contributed by atoms with Crippen molar-refractivity contribution >= 4 is 11.9 Å². The minimum absolute atomic E-state index is 0.0200. The molecule has 3 aliphatic rings. The van der Waals surface area contributed by atoms with Crippen molar-refractivity contribution < 1.29 is 33.3 Å². The molecule has 3 rings (SSSR count). The van der Waals surface area contributed by atoms with Crippen LogP contribution in [0.1, 0.15) is 66.7 Å². The van der Waals surface area contributed by atoms with Gasteiger partial charge in [-0.1, -0.05) is 41.0 Å². The molecule has 0 unspecified atom stereocenters. The van der Waals surface area contributed by atoms with Gasteiger partial charge >= 0.3 is 11.9 Å². The molecule has 0 amide bonds. The first-order valence-electron chi connectivity index (χ1n) is 11.7. The zero-order chi connectivity index (χ0) is 22.6. The van der Waals surface area contributed by atoms with Gasteiger partial charge in [0, 0.05) is 25.4 Å². The minimum Gasteiger partial charge on any atom is -0.462 e. The van der Waals surface area contributed by atoms with Crippen LogP contribution in [-0.4, -0.2) is 49.8 Å². The van der Waals surface area contributed by atoms with Crippen LogP contribution in [0.2, 0.25) is 0 Å². The first kappa shape index (κ1) is 24.1. The molecule has 2 fully saturated rings. The summed E-state index contributed by atoms with van der Waals surface area (Å²) in [5, 5.41) is 0. The molecule has 1 saturated carbocycles. The third kappa shape index (κ3) is 5.80. The van der Waals surface area contributed by atoms with E-state index in [4.69, 9.17) is 23.7 Å². The van der Waals surface area contributed by atoms with Crippen LogP contribution < -0.4 is 0 Å². The topological polar surface area (TPSA) is 83.6 Å². The highest BCUT2D eigenvalue weighted by atomic mass is 16.7. The lowest BCUT2D eigenvalue weighted by Gasteiger charge is -2.35. The van der Waals surface area contributed by atoms with Gasteiger partial charge in [0.05, 0.1) is 25.4 Å². The van der Waals surface area contributed by atoms with Crippen molar-refractivity contribution in [2.75, 3.05) is 19.8 Å². The van der Waals surface area contributed by atoms with E-state index in [9.17, 15) is 9.59 Å². The normalized spacial score (nSPS) is 31.4. The van der Waals surface area contributed by atoms with E-state index in [0.717, 1.165) is 18.4 Å². The van der Waals surface area contributed by atoms with E-state index in [-0.39, 0.29) is 41.7 Å². The van der Waals surface area contributed by atoms with E-state index < -0.39 is 11.9 Å². The van der Waals surface area contributed by atoms with Gasteiger partial charge in [0.25, 0.3) is 0 Å². The van der Waals surface area contributed by atoms with E-state index >= 15 is 0 Å². The Kier molecular flexibility index (Phi) is 8.03. The van der Waals surface area contributed by atoms with Gasteiger partial charge in [-0.15, -0.1) is 0 Å². The highest BCUT2D eigenvalue weighted by Crippen LogP contribution is 2.58. The summed E-state index contributed by atoms with van der Waals surface area (Å²) in [6.45, 7) is 11.7. The lowest BCUT2D eigenvalue weighted by atomic mass is 9.83. The fourth-order valence-electron chi connectivity index (χ4n) is 4.60. The molecule has 0 aromatic heterocycles. The molecule has 2 aliphatic heterocycles. The summed E-state index contributed by atoms with van der Waals surface area (Å²) in [4.78, 5) is 24.8. The van der Waals surface area contributed by atoms with E-state index in [0.29, 0.717) is 39.1 Å². The molecule has 7 nitrogen and oxygen atoms in total. The number of fused-ring (bicyclic) bond motifs is 2. The molecule has 0 aromatic carbocycles. The second-order valence-corrected chi connectivity index (χ2v) is 9.88. The number of ether oxygens (including phenoxy) is 5. The maximum atomic E-state index is 12.4. The van der Waals surface area contributed by atoms with Crippen molar-refractivity contribution in [1.82, 2.24) is 0 Å². The second-order valence-electron chi connectivity index (χ2n) is 9.88. The van der Waals surface area contributed by atoms with Crippen LogP contribution >= 0.6 is 0 Å². The predicted octanol–water partition coefficient (Wildman–Crippen LogP) is 4.00. The summed E-state index contributed by atoms with van der Waals surface area (Å²) < 4.78 is 29.3. The fraction of sp³-hybridized carbons (Fsp3) is 0.833. The first-order chi connectivity index (χ1) is 14.8. The van der Waals surface area contributed by atoms with Gasteiger partial charge in [0.15, 0.2) is 0 Å². The molecular formula is C24H38O7. The van der Waals surface area contributed by atoms with Crippen molar-refractivity contribution in [3.8, 4) is 0 Å². The summed E-state index contributed by atoms with van der Waals surface area (Å²) in [6, 6.07) is 0. The molecule has 0 radical (unpaired) electrons. The Morgan fingerprint density at radius 3 is 2.35 bits per heavy atom. The Morgan fingerprint density at radius 1 is 1.13 bits per heavy atom. The summed E-state index contributed by atoms with van der Waals surface area (Å²) in [6.07, 6.45) is 3.95. The molecule has 0 bridgehead atoms. The van der Waals surface area contributed by atoms with E-state index in [1.54, 1.807) is 6.26 Å². The van der Waals surface area contributed by atoms with Crippen LogP contribution in [0, 0.1) is 23.7 Å². The Hall–Kier alpha value is -1.60. The zero-order valence-corrected chi connectivity index (χ0v) is 19.6. The molecule has 7 heteroatoms. The van der Waals surface area contributed by atoms with Gasteiger partial charge in [0.2, 0.25) is 6.29 Å². The van der Waals surface area contributed by atoms with Crippen molar-refractivity contribution in [3.05, 3.63) is 11.8 Å². The van der Waals surface area contributed by atoms with Crippen LogP contribution in [-0.2, 0) is 33.3 Å². The Labute approximate surface area is 185 Å². The average Bonchev–Trinajstić information content (AvgIpc) is 3.39. The molecule has 1 aliphatic carbocycles. The molecule has 1 spiro atoms. The lowest BCUT2D eigenvalue weighted by molar-refractivity contribution is -0.192. The third-order valence-electron chi connectivity index (χ3n) is 6.19. The number of epoxide rings is 1. The number of esters is 2. The van der Waals surface area contributed by atoms with Crippen molar-refractivity contribution in [2.24, 2.45) is 23.7 Å². The van der Waals surface area contributed by atoms with E-state index in [1.165, 1.54) is 0 Å². The van der Waals surface area contributed by atoms with Crippen LogP contribution in [0.5, 0.6) is 0 Å². The second kappa shape index (κ2) is 10.3. The maximum absolute atomic E-state index is 12.4. The number of hydrogen-bond donors (Lipinski definition) is 0. The van der Waals surface area contributed by atoms with Crippen LogP contribution in [0.15, 0.2) is 11.8 Å². The largest absolute Gasteiger partial charge is 0.462 e. The minimum atomic E-state index is -0.744. The van der Waals surface area contributed by atoms with Crippen molar-refractivity contribution in [2.45, 2.75) is 84.7 Å². The van der Waals surface area contributed by atoms with Gasteiger partial charge in [0.1, 0.15) is 11.7 Å². The van der Waals surface area contributed by atoms with Gasteiger partial charge < -0.3 is 23.7 Å². The molecule has 1 saturated heterocycles. The first-order valence-corrected chi connectivity index (χ1v) is 11.7. The smallest absolute Gasteiger partial charge is 0.309 e. The molecule has 2 heterocycles. The Morgan fingerprint density at radius 2 is 1.77 bits per heavy atom. The zero-order valence-electron chi connectivity index (χ0n) is 19.6. The molecule has 0 N–H and O–H groups in total. The van der Waals surface area contributed by atoms with Crippen LogP contribution in [0.4, 0.5) is 0 Å². The predicted molar refractivity (Wildman–Crippen MR) is 114 cm³/mol. The highest BCUT2D eigenvalue weighted by Gasteiger charge is 2.70. The Balaban J connectivity index is 1.75. The SMILES string of the molecule is CCCCOCC1=CO[C@@H](OC(=O)CC(C)C)[C@H]2[C@@H]1C[C@H](OC(=O)CC(C)C)[C@]21CO1. The highest BCUT2D eigenvalue weighted by molar-refractivity contribution is 5.70. The summed E-state index contributed by atoms with van der Waals surface area (Å²) in [5.41, 5.74) is 0.359. The third-order valence-corrected chi connectivity index (χ3v) is 6.19. The van der Waals surface area contributed by atoms with Gasteiger partial charge in [-0.25, -0.2) is 0 Å². The maximum Gasteiger partial charge on any atom is 0.309 e. The molecule has 5 atom stereocenters. The molecule has 0 aromatic rings. The Bertz CT molecular complexity index is 665. The van der Waals surface area contributed by atoms with Crippen molar-refractivity contribution in [1.29, 1.82) is 0 Å². The van der Waals surface area contributed by atoms with Crippen molar-refractivity contribution in [3.63, 3.8) is 0 Å². The summed E-state index contributed by atoms with van der Waals surface area (Å²) >= 11 is 0. The lowest BCUT2D eigenvalue weighted by Crippen LogP contribution is -2.45. The number of carbonyl (C=O) groups excluding carboxylic acids is 2. The van der Waals surface area contributed by atoms with Gasteiger partial charge in [-0.2, -0.15) is 0 Å². The number of hydrogen-bond acceptors (Lipinski definition) is 7. The average molecular weight is 439 g/mol.